The molecule has 0 spiro atoms. The molecule has 98 valence electrons. The molecule has 2 unspecified atom stereocenters. The first-order valence-corrected chi connectivity index (χ1v) is 6.03. The third-order valence-corrected chi connectivity index (χ3v) is 3.27. The molecule has 0 amide bonds. The van der Waals surface area contributed by atoms with Gasteiger partial charge in [0.25, 0.3) is 0 Å². The topological polar surface area (TPSA) is 78.8 Å². The van der Waals surface area contributed by atoms with Crippen molar-refractivity contribution in [2.75, 3.05) is 19.7 Å². The molecule has 2 atom stereocenters. The molecular formula is C13H17NO4. The molecule has 1 aliphatic heterocycles. The molecule has 1 aliphatic rings. The Hall–Kier alpha value is -1.75. The van der Waals surface area contributed by atoms with Gasteiger partial charge >= 0.3 is 5.97 Å². The number of phenols is 1. The Labute approximate surface area is 105 Å². The van der Waals surface area contributed by atoms with Gasteiger partial charge in [0.2, 0.25) is 0 Å². The maximum Gasteiger partial charge on any atom is 0.310 e. The van der Waals surface area contributed by atoms with Crippen molar-refractivity contribution >= 4 is 5.97 Å². The standard InChI is InChI=1S/C13H17NO4/c15-11-3-1-2-4-12(11)18-8-10(13(16)17)9-5-6-14-7-9/h1-4,9-10,14-15H,5-8H2,(H,16,17). The molecule has 1 aromatic rings. The zero-order chi connectivity index (χ0) is 13.0. The first-order chi connectivity index (χ1) is 8.68. The Balaban J connectivity index is 1.97. The Kier molecular flexibility index (Phi) is 4.04. The predicted octanol–water partition coefficient (Wildman–Crippen LogP) is 1.08. The van der Waals surface area contributed by atoms with Crippen LogP contribution in [0.5, 0.6) is 11.5 Å². The molecule has 1 saturated heterocycles. The summed E-state index contributed by atoms with van der Waals surface area (Å²) in [5.74, 6) is -0.937. The van der Waals surface area contributed by atoms with Crippen LogP contribution in [0.15, 0.2) is 24.3 Å². The van der Waals surface area contributed by atoms with Crippen molar-refractivity contribution in [3.8, 4) is 11.5 Å². The summed E-state index contributed by atoms with van der Waals surface area (Å²) in [6.45, 7) is 1.64. The monoisotopic (exact) mass is 251 g/mol. The number of hydrogen-bond donors (Lipinski definition) is 3. The molecule has 0 aromatic heterocycles. The number of para-hydroxylation sites is 2. The van der Waals surface area contributed by atoms with Crippen molar-refractivity contribution in [2.24, 2.45) is 11.8 Å². The number of carboxylic acids is 1. The van der Waals surface area contributed by atoms with Crippen molar-refractivity contribution in [1.82, 2.24) is 5.32 Å². The fourth-order valence-corrected chi connectivity index (χ4v) is 2.19. The number of nitrogens with one attached hydrogen (secondary N) is 1. The number of carboxylic acid groups (broad SMARTS) is 1. The van der Waals surface area contributed by atoms with E-state index < -0.39 is 11.9 Å². The van der Waals surface area contributed by atoms with Crippen LogP contribution in [0.3, 0.4) is 0 Å². The minimum Gasteiger partial charge on any atom is -0.504 e. The van der Waals surface area contributed by atoms with Crippen molar-refractivity contribution in [2.45, 2.75) is 6.42 Å². The number of ether oxygens (including phenoxy) is 1. The van der Waals surface area contributed by atoms with Gasteiger partial charge in [-0.25, -0.2) is 0 Å². The minimum absolute atomic E-state index is 0.0335. The molecule has 1 aromatic carbocycles. The molecule has 0 aliphatic carbocycles. The van der Waals surface area contributed by atoms with Crippen LogP contribution in [0.2, 0.25) is 0 Å². The zero-order valence-electron chi connectivity index (χ0n) is 10.0. The average molecular weight is 251 g/mol. The Bertz CT molecular complexity index is 415. The molecule has 2 rings (SSSR count). The van der Waals surface area contributed by atoms with Gasteiger partial charge in [0, 0.05) is 0 Å². The zero-order valence-corrected chi connectivity index (χ0v) is 10.0. The van der Waals surface area contributed by atoms with E-state index in [1.54, 1.807) is 18.2 Å². The van der Waals surface area contributed by atoms with E-state index in [1.165, 1.54) is 6.07 Å². The van der Waals surface area contributed by atoms with E-state index >= 15 is 0 Å². The second kappa shape index (κ2) is 5.73. The summed E-state index contributed by atoms with van der Waals surface area (Å²) in [7, 11) is 0. The van der Waals surface area contributed by atoms with Gasteiger partial charge in [0.15, 0.2) is 11.5 Å². The van der Waals surface area contributed by atoms with E-state index in [1.807, 2.05) is 0 Å². The van der Waals surface area contributed by atoms with Gasteiger partial charge in [-0.1, -0.05) is 12.1 Å². The van der Waals surface area contributed by atoms with Crippen LogP contribution in [0.1, 0.15) is 6.42 Å². The number of carbonyl (C=O) groups is 1. The molecule has 5 nitrogen and oxygen atoms in total. The lowest BCUT2D eigenvalue weighted by atomic mass is 9.92. The molecule has 18 heavy (non-hydrogen) atoms. The van der Waals surface area contributed by atoms with Gasteiger partial charge < -0.3 is 20.3 Å². The first kappa shape index (κ1) is 12.7. The molecular weight excluding hydrogens is 234 g/mol. The molecule has 3 N–H and O–H groups in total. The van der Waals surface area contributed by atoms with Crippen molar-refractivity contribution < 1.29 is 19.7 Å². The lowest BCUT2D eigenvalue weighted by Crippen LogP contribution is -2.30. The fourth-order valence-electron chi connectivity index (χ4n) is 2.19. The number of rotatable bonds is 5. The number of aromatic hydroxyl groups is 1. The smallest absolute Gasteiger partial charge is 0.310 e. The Morgan fingerprint density at radius 3 is 2.89 bits per heavy atom. The number of hydrogen-bond acceptors (Lipinski definition) is 4. The second-order valence-electron chi connectivity index (χ2n) is 4.48. The summed E-state index contributed by atoms with van der Waals surface area (Å²) < 4.78 is 5.41. The summed E-state index contributed by atoms with van der Waals surface area (Å²) >= 11 is 0. The average Bonchev–Trinajstić information content (AvgIpc) is 2.85. The molecule has 0 bridgehead atoms. The lowest BCUT2D eigenvalue weighted by molar-refractivity contribution is -0.144. The molecule has 0 radical (unpaired) electrons. The predicted molar refractivity (Wildman–Crippen MR) is 65.7 cm³/mol. The van der Waals surface area contributed by atoms with Gasteiger partial charge in [0.1, 0.15) is 6.61 Å². The van der Waals surface area contributed by atoms with Crippen LogP contribution < -0.4 is 10.1 Å². The van der Waals surface area contributed by atoms with E-state index in [4.69, 9.17) is 4.74 Å². The Morgan fingerprint density at radius 1 is 1.50 bits per heavy atom. The quantitative estimate of drug-likeness (QED) is 0.730. The van der Waals surface area contributed by atoms with Crippen LogP contribution in [-0.2, 0) is 4.79 Å². The highest BCUT2D eigenvalue weighted by Crippen LogP contribution is 2.27. The van der Waals surface area contributed by atoms with Gasteiger partial charge in [0.05, 0.1) is 5.92 Å². The summed E-state index contributed by atoms with van der Waals surface area (Å²) in [4.78, 5) is 11.2. The number of aliphatic carboxylic acids is 1. The highest BCUT2D eigenvalue weighted by molar-refractivity contribution is 5.70. The first-order valence-electron chi connectivity index (χ1n) is 6.03. The van der Waals surface area contributed by atoms with Gasteiger partial charge in [-0.05, 0) is 37.6 Å². The van der Waals surface area contributed by atoms with Crippen molar-refractivity contribution in [1.29, 1.82) is 0 Å². The largest absolute Gasteiger partial charge is 0.504 e. The van der Waals surface area contributed by atoms with Crippen LogP contribution >= 0.6 is 0 Å². The maximum atomic E-state index is 11.2. The fraction of sp³-hybridized carbons (Fsp3) is 0.462. The summed E-state index contributed by atoms with van der Waals surface area (Å²) in [6, 6.07) is 6.57. The van der Waals surface area contributed by atoms with E-state index in [2.05, 4.69) is 5.32 Å². The maximum absolute atomic E-state index is 11.2. The molecule has 1 fully saturated rings. The van der Waals surface area contributed by atoms with Crippen LogP contribution in [0.25, 0.3) is 0 Å². The van der Waals surface area contributed by atoms with E-state index in [-0.39, 0.29) is 18.3 Å². The van der Waals surface area contributed by atoms with E-state index in [0.29, 0.717) is 12.3 Å². The third kappa shape index (κ3) is 2.92. The van der Waals surface area contributed by atoms with E-state index in [0.717, 1.165) is 13.0 Å². The molecule has 5 heteroatoms. The van der Waals surface area contributed by atoms with Crippen LogP contribution in [0, 0.1) is 11.8 Å². The highest BCUT2D eigenvalue weighted by Gasteiger charge is 2.31. The SMILES string of the molecule is O=C(O)C(COc1ccccc1O)C1CCNC1. The number of benzene rings is 1. The summed E-state index contributed by atoms with van der Waals surface area (Å²) in [5.41, 5.74) is 0. The summed E-state index contributed by atoms with van der Waals surface area (Å²) in [6.07, 6.45) is 0.848. The lowest BCUT2D eigenvalue weighted by Gasteiger charge is -2.19. The molecule has 1 heterocycles. The third-order valence-electron chi connectivity index (χ3n) is 3.27. The highest BCUT2D eigenvalue weighted by atomic mass is 16.5. The van der Waals surface area contributed by atoms with Gasteiger partial charge in [-0.3, -0.25) is 4.79 Å². The second-order valence-corrected chi connectivity index (χ2v) is 4.48. The van der Waals surface area contributed by atoms with Crippen LogP contribution in [-0.4, -0.2) is 35.9 Å². The van der Waals surface area contributed by atoms with Crippen molar-refractivity contribution in [3.63, 3.8) is 0 Å². The molecule has 0 saturated carbocycles. The van der Waals surface area contributed by atoms with Crippen LogP contribution in [0.4, 0.5) is 0 Å². The van der Waals surface area contributed by atoms with Gasteiger partial charge in [-0.2, -0.15) is 0 Å². The number of phenolic OH excluding ortho intramolecular Hbond substituents is 1. The van der Waals surface area contributed by atoms with Crippen molar-refractivity contribution in [3.05, 3.63) is 24.3 Å². The summed E-state index contributed by atoms with van der Waals surface area (Å²) in [5, 5.41) is 21.9. The van der Waals surface area contributed by atoms with E-state index in [9.17, 15) is 15.0 Å². The Morgan fingerprint density at radius 2 is 2.28 bits per heavy atom. The normalized spacial score (nSPS) is 20.6. The van der Waals surface area contributed by atoms with Gasteiger partial charge in [-0.15, -0.1) is 0 Å². The minimum atomic E-state index is -0.848.